The van der Waals surface area contributed by atoms with E-state index < -0.39 is 5.60 Å². The van der Waals surface area contributed by atoms with Gasteiger partial charge in [0.25, 0.3) is 5.91 Å². The van der Waals surface area contributed by atoms with Gasteiger partial charge in [0.1, 0.15) is 5.60 Å². The fraction of sp³-hybridized carbons (Fsp3) is 0.500. The zero-order chi connectivity index (χ0) is 13.1. The second kappa shape index (κ2) is 5.32. The number of carbonyl (C=O) groups is 1. The molecule has 0 aliphatic carbocycles. The van der Waals surface area contributed by atoms with Crippen molar-refractivity contribution < 1.29 is 9.90 Å². The van der Waals surface area contributed by atoms with Gasteiger partial charge in [0, 0.05) is 6.54 Å². The van der Waals surface area contributed by atoms with Crippen LogP contribution in [-0.2, 0) is 11.3 Å². The predicted molar refractivity (Wildman–Crippen MR) is 68.7 cm³/mol. The highest BCUT2D eigenvalue weighted by molar-refractivity contribution is 5.83. The summed E-state index contributed by atoms with van der Waals surface area (Å²) in [5.41, 5.74) is 0.993. The minimum Gasteiger partial charge on any atom is -0.381 e. The van der Waals surface area contributed by atoms with Crippen molar-refractivity contribution in [3.63, 3.8) is 0 Å². The summed E-state index contributed by atoms with van der Waals surface area (Å²) in [4.78, 5) is 11.5. The van der Waals surface area contributed by atoms with E-state index in [9.17, 15) is 9.90 Å². The maximum Gasteiger partial charge on any atom is 0.251 e. The van der Waals surface area contributed by atoms with Crippen LogP contribution in [0.4, 0.5) is 0 Å². The molecule has 0 radical (unpaired) electrons. The molecule has 0 aliphatic heterocycles. The van der Waals surface area contributed by atoms with Crippen molar-refractivity contribution in [3.8, 4) is 0 Å². The van der Waals surface area contributed by atoms with Gasteiger partial charge in [-0.15, -0.1) is 0 Å². The zero-order valence-electron chi connectivity index (χ0n) is 10.9. The molecular formula is C14H21NO2. The van der Waals surface area contributed by atoms with Crippen LogP contribution >= 0.6 is 0 Å². The van der Waals surface area contributed by atoms with Crippen molar-refractivity contribution in [1.29, 1.82) is 0 Å². The Balaban J connectivity index is 2.56. The van der Waals surface area contributed by atoms with Gasteiger partial charge in [0.15, 0.2) is 0 Å². The summed E-state index contributed by atoms with van der Waals surface area (Å²) in [7, 11) is 0. The quantitative estimate of drug-likeness (QED) is 0.840. The van der Waals surface area contributed by atoms with Gasteiger partial charge in [-0.25, -0.2) is 0 Å². The van der Waals surface area contributed by atoms with E-state index >= 15 is 0 Å². The molecule has 1 rings (SSSR count). The van der Waals surface area contributed by atoms with Gasteiger partial charge in [-0.05, 0) is 30.9 Å². The van der Waals surface area contributed by atoms with E-state index in [0.29, 0.717) is 12.5 Å². The van der Waals surface area contributed by atoms with Crippen LogP contribution in [0.2, 0.25) is 0 Å². The van der Waals surface area contributed by atoms with Crippen LogP contribution in [0.3, 0.4) is 0 Å². The summed E-state index contributed by atoms with van der Waals surface area (Å²) < 4.78 is 0. The number of aliphatic hydroxyl groups is 1. The molecule has 17 heavy (non-hydrogen) atoms. The predicted octanol–water partition coefficient (Wildman–Crippen LogP) is 2.20. The summed E-state index contributed by atoms with van der Waals surface area (Å²) in [6.45, 7) is 7.69. The third kappa shape index (κ3) is 4.19. The highest BCUT2D eigenvalue weighted by Crippen LogP contribution is 2.14. The van der Waals surface area contributed by atoms with E-state index in [1.54, 1.807) is 0 Å². The molecule has 0 aliphatic rings. The number of nitrogens with one attached hydrogen (secondary N) is 1. The lowest BCUT2D eigenvalue weighted by atomic mass is 10.0. The number of rotatable bonds is 4. The maximum atomic E-state index is 11.5. The first-order valence-corrected chi connectivity index (χ1v) is 5.90. The molecule has 0 saturated heterocycles. The first-order chi connectivity index (χ1) is 7.80. The molecule has 3 heteroatoms. The lowest BCUT2D eigenvalue weighted by Gasteiger charge is -2.16. The fourth-order valence-electron chi connectivity index (χ4n) is 1.42. The zero-order valence-corrected chi connectivity index (χ0v) is 10.9. The largest absolute Gasteiger partial charge is 0.381 e. The first-order valence-electron chi connectivity index (χ1n) is 5.90. The van der Waals surface area contributed by atoms with Crippen molar-refractivity contribution >= 4 is 5.91 Å². The minimum atomic E-state index is -1.32. The summed E-state index contributed by atoms with van der Waals surface area (Å²) in [6, 6.07) is 8.13. The Morgan fingerprint density at radius 3 is 2.24 bits per heavy atom. The molecule has 0 aromatic heterocycles. The Morgan fingerprint density at radius 1 is 1.29 bits per heavy atom. The standard InChI is InChI=1S/C14H21NO2/c1-10(2)12-7-5-11(6-8-12)9-15-13(16)14(3,4)17/h5-8,10,17H,9H2,1-4H3,(H,15,16). The average molecular weight is 235 g/mol. The first kappa shape index (κ1) is 13.7. The van der Waals surface area contributed by atoms with Crippen LogP contribution in [0, 0.1) is 0 Å². The second-order valence-corrected chi connectivity index (χ2v) is 5.14. The fourth-order valence-corrected chi connectivity index (χ4v) is 1.42. The molecule has 94 valence electrons. The molecule has 2 N–H and O–H groups in total. The smallest absolute Gasteiger partial charge is 0.251 e. The van der Waals surface area contributed by atoms with Crippen molar-refractivity contribution in [2.75, 3.05) is 0 Å². The molecule has 1 aromatic rings. The lowest BCUT2D eigenvalue weighted by molar-refractivity contribution is -0.136. The molecule has 0 saturated carbocycles. The van der Waals surface area contributed by atoms with Crippen LogP contribution in [0.1, 0.15) is 44.7 Å². The van der Waals surface area contributed by atoms with E-state index in [0.717, 1.165) is 5.56 Å². The number of hydrogen-bond donors (Lipinski definition) is 2. The maximum absolute atomic E-state index is 11.5. The topological polar surface area (TPSA) is 49.3 Å². The van der Waals surface area contributed by atoms with Crippen molar-refractivity contribution in [1.82, 2.24) is 5.32 Å². The van der Waals surface area contributed by atoms with Gasteiger partial charge in [0.05, 0.1) is 0 Å². The number of hydrogen-bond acceptors (Lipinski definition) is 2. The van der Waals surface area contributed by atoms with Gasteiger partial charge >= 0.3 is 0 Å². The van der Waals surface area contributed by atoms with Gasteiger partial charge < -0.3 is 10.4 Å². The monoisotopic (exact) mass is 235 g/mol. The summed E-state index contributed by atoms with van der Waals surface area (Å²) in [5.74, 6) is 0.153. The van der Waals surface area contributed by atoms with Crippen LogP contribution in [0.25, 0.3) is 0 Å². The molecule has 1 amide bonds. The Morgan fingerprint density at radius 2 is 1.82 bits per heavy atom. The van der Waals surface area contributed by atoms with Crippen LogP contribution < -0.4 is 5.32 Å². The minimum absolute atomic E-state index is 0.356. The lowest BCUT2D eigenvalue weighted by Crippen LogP contribution is -2.41. The van der Waals surface area contributed by atoms with Crippen molar-refractivity contribution in [3.05, 3.63) is 35.4 Å². The number of benzene rings is 1. The van der Waals surface area contributed by atoms with E-state index in [1.807, 2.05) is 12.1 Å². The van der Waals surface area contributed by atoms with E-state index in [1.165, 1.54) is 19.4 Å². The number of carbonyl (C=O) groups excluding carboxylic acids is 1. The van der Waals surface area contributed by atoms with Crippen LogP contribution in [0.15, 0.2) is 24.3 Å². The molecule has 0 fully saturated rings. The third-order valence-electron chi connectivity index (χ3n) is 2.66. The molecule has 1 aromatic carbocycles. The van der Waals surface area contributed by atoms with Crippen molar-refractivity contribution in [2.24, 2.45) is 0 Å². The van der Waals surface area contributed by atoms with E-state index in [4.69, 9.17) is 0 Å². The van der Waals surface area contributed by atoms with E-state index in [2.05, 4.69) is 31.3 Å². The third-order valence-corrected chi connectivity index (χ3v) is 2.66. The van der Waals surface area contributed by atoms with Crippen molar-refractivity contribution in [2.45, 2.75) is 45.8 Å². The molecule has 0 heterocycles. The Kier molecular flexibility index (Phi) is 4.29. The Bertz CT molecular complexity index is 374. The normalized spacial score (nSPS) is 11.6. The average Bonchev–Trinajstić information content (AvgIpc) is 2.25. The highest BCUT2D eigenvalue weighted by Gasteiger charge is 2.22. The molecule has 0 unspecified atom stereocenters. The van der Waals surface area contributed by atoms with Gasteiger partial charge in [-0.1, -0.05) is 38.1 Å². The second-order valence-electron chi connectivity index (χ2n) is 5.14. The molecule has 3 nitrogen and oxygen atoms in total. The van der Waals surface area contributed by atoms with Gasteiger partial charge in [0.2, 0.25) is 0 Å². The molecular weight excluding hydrogens is 214 g/mol. The highest BCUT2D eigenvalue weighted by atomic mass is 16.3. The SMILES string of the molecule is CC(C)c1ccc(CNC(=O)C(C)(C)O)cc1. The Labute approximate surface area is 103 Å². The van der Waals surface area contributed by atoms with Crippen LogP contribution in [0.5, 0.6) is 0 Å². The summed E-state index contributed by atoms with van der Waals surface area (Å²) in [5, 5.41) is 12.2. The molecule has 0 bridgehead atoms. The Hall–Kier alpha value is -1.35. The molecule has 0 spiro atoms. The molecule has 0 atom stereocenters. The summed E-state index contributed by atoms with van der Waals surface area (Å²) >= 11 is 0. The van der Waals surface area contributed by atoms with E-state index in [-0.39, 0.29) is 5.91 Å². The summed E-state index contributed by atoms with van der Waals surface area (Å²) in [6.07, 6.45) is 0. The van der Waals surface area contributed by atoms with Crippen LogP contribution in [-0.4, -0.2) is 16.6 Å². The van der Waals surface area contributed by atoms with Gasteiger partial charge in [-0.3, -0.25) is 4.79 Å². The number of amides is 1. The van der Waals surface area contributed by atoms with Gasteiger partial charge in [-0.2, -0.15) is 0 Å².